The van der Waals surface area contributed by atoms with Gasteiger partial charge in [-0.2, -0.15) is 0 Å². The number of fused-ring (bicyclic) bond motifs is 1. The van der Waals surface area contributed by atoms with Gasteiger partial charge < -0.3 is 25.3 Å². The van der Waals surface area contributed by atoms with Crippen molar-refractivity contribution in [2.45, 2.75) is 46.6 Å². The van der Waals surface area contributed by atoms with Gasteiger partial charge in [-0.15, -0.1) is 0 Å². The highest BCUT2D eigenvalue weighted by Crippen LogP contribution is 2.41. The number of amides is 2. The molecule has 0 saturated heterocycles. The van der Waals surface area contributed by atoms with Gasteiger partial charge >= 0.3 is 18.0 Å². The Morgan fingerprint density at radius 3 is 2.64 bits per heavy atom. The fourth-order valence-electron chi connectivity index (χ4n) is 3.22. The lowest BCUT2D eigenvalue weighted by Gasteiger charge is -2.19. The monoisotopic (exact) mass is 390 g/mol. The van der Waals surface area contributed by atoms with Crippen LogP contribution in [0.5, 0.6) is 5.75 Å². The number of allylic oxidation sites excluding steroid dienone is 2. The third-order valence-corrected chi connectivity index (χ3v) is 4.61. The van der Waals surface area contributed by atoms with Gasteiger partial charge in [0.15, 0.2) is 0 Å². The third kappa shape index (κ3) is 4.62. The Kier molecular flexibility index (Phi) is 7.03. The Labute approximate surface area is 164 Å². The molecular formula is C20H26N2O6. The molecule has 2 amide bonds. The lowest BCUT2D eigenvalue weighted by molar-refractivity contribution is -0.143. The normalized spacial score (nSPS) is 13.0. The van der Waals surface area contributed by atoms with Crippen LogP contribution in [0.4, 0.5) is 10.5 Å². The number of benzene rings is 1. The highest BCUT2D eigenvalue weighted by Gasteiger charge is 2.32. The zero-order valence-electron chi connectivity index (χ0n) is 16.6. The maximum atomic E-state index is 12.2. The molecule has 0 fully saturated rings. The quantitative estimate of drug-likeness (QED) is 0.520. The number of hydrogen-bond donors (Lipinski definition) is 2. The van der Waals surface area contributed by atoms with Crippen LogP contribution in [0.2, 0.25) is 0 Å². The minimum Gasteiger partial charge on any atom is -0.496 e. The van der Waals surface area contributed by atoms with Crippen molar-refractivity contribution in [2.75, 3.05) is 19.0 Å². The summed E-state index contributed by atoms with van der Waals surface area (Å²) in [6.45, 7) is 5.99. The highest BCUT2D eigenvalue weighted by molar-refractivity contribution is 6.05. The van der Waals surface area contributed by atoms with Crippen LogP contribution in [0.25, 0.3) is 0 Å². The molecule has 3 N–H and O–H groups in total. The van der Waals surface area contributed by atoms with Gasteiger partial charge in [-0.05, 0) is 39.2 Å². The van der Waals surface area contributed by atoms with E-state index in [9.17, 15) is 14.4 Å². The molecule has 1 aliphatic rings. The molecule has 0 aliphatic carbocycles. The van der Waals surface area contributed by atoms with Crippen LogP contribution >= 0.6 is 0 Å². The van der Waals surface area contributed by atoms with Gasteiger partial charge in [-0.25, -0.2) is 9.59 Å². The zero-order valence-corrected chi connectivity index (χ0v) is 16.6. The van der Waals surface area contributed by atoms with Crippen LogP contribution in [0, 0.1) is 6.92 Å². The molecule has 152 valence electrons. The van der Waals surface area contributed by atoms with Gasteiger partial charge in [-0.1, -0.05) is 11.6 Å². The van der Waals surface area contributed by atoms with Crippen LogP contribution in [-0.2, 0) is 27.3 Å². The van der Waals surface area contributed by atoms with Gasteiger partial charge in [0.05, 0.1) is 25.0 Å². The van der Waals surface area contributed by atoms with Crippen LogP contribution in [-0.4, -0.2) is 31.7 Å². The maximum absolute atomic E-state index is 12.2. The number of carbonyl (C=O) groups is 3. The van der Waals surface area contributed by atoms with E-state index in [1.165, 1.54) is 7.11 Å². The molecule has 8 nitrogen and oxygen atoms in total. The molecule has 1 heterocycles. The first-order chi connectivity index (χ1) is 13.3. The summed E-state index contributed by atoms with van der Waals surface area (Å²) < 4.78 is 15.6. The molecule has 0 saturated carbocycles. The first-order valence-corrected chi connectivity index (χ1v) is 9.07. The van der Waals surface area contributed by atoms with E-state index in [0.29, 0.717) is 47.6 Å². The highest BCUT2D eigenvalue weighted by atomic mass is 16.5. The molecule has 1 aliphatic heterocycles. The molecule has 2 rings (SSSR count). The number of esters is 2. The second-order valence-corrected chi connectivity index (χ2v) is 6.49. The summed E-state index contributed by atoms with van der Waals surface area (Å²) in [6.07, 6.45) is 3.14. The lowest BCUT2D eigenvalue weighted by Crippen LogP contribution is -2.22. The molecule has 0 radical (unpaired) electrons. The summed E-state index contributed by atoms with van der Waals surface area (Å²) in [4.78, 5) is 35.3. The number of urea groups is 1. The number of primary amides is 1. The number of carbonyl (C=O) groups excluding carboxylic acids is 3. The number of nitrogens with one attached hydrogen (secondary N) is 1. The molecule has 0 aromatic heterocycles. The van der Waals surface area contributed by atoms with E-state index in [2.05, 4.69) is 5.32 Å². The van der Waals surface area contributed by atoms with Gasteiger partial charge in [-0.3, -0.25) is 4.79 Å². The summed E-state index contributed by atoms with van der Waals surface area (Å²) >= 11 is 0. The predicted octanol–water partition coefficient (Wildman–Crippen LogP) is 3.00. The molecule has 1 aromatic rings. The Bertz CT molecular complexity index is 829. The van der Waals surface area contributed by atoms with Crippen molar-refractivity contribution in [3.63, 3.8) is 0 Å². The van der Waals surface area contributed by atoms with Crippen molar-refractivity contribution in [2.24, 2.45) is 5.73 Å². The van der Waals surface area contributed by atoms with E-state index in [1.807, 2.05) is 19.9 Å². The van der Waals surface area contributed by atoms with E-state index in [0.717, 1.165) is 11.1 Å². The Hall–Kier alpha value is -3.03. The summed E-state index contributed by atoms with van der Waals surface area (Å²) in [5, 5.41) is 2.55. The smallest absolute Gasteiger partial charge is 0.341 e. The average Bonchev–Trinajstić information content (AvgIpc) is 3.02. The molecule has 0 atom stereocenters. The van der Waals surface area contributed by atoms with Crippen LogP contribution in [0.3, 0.4) is 0 Å². The molecule has 28 heavy (non-hydrogen) atoms. The first kappa shape index (κ1) is 21.3. The molecule has 1 aromatic carbocycles. The van der Waals surface area contributed by atoms with Crippen molar-refractivity contribution >= 4 is 23.7 Å². The van der Waals surface area contributed by atoms with Gasteiger partial charge in [0.25, 0.3) is 0 Å². The lowest BCUT2D eigenvalue weighted by atomic mass is 9.93. The molecule has 0 unspecified atom stereocenters. The number of ether oxygens (including phenoxy) is 3. The SMILES string of the molecule is CCOC(=O)CCC(C)=CCc1c(NC(N)=O)c2c(c(C)c1OC)COC2=O. The third-order valence-electron chi connectivity index (χ3n) is 4.61. The number of rotatable bonds is 8. The minimum absolute atomic E-state index is 0.124. The largest absolute Gasteiger partial charge is 0.496 e. The maximum Gasteiger partial charge on any atom is 0.341 e. The predicted molar refractivity (Wildman–Crippen MR) is 103 cm³/mol. The molecule has 0 bridgehead atoms. The van der Waals surface area contributed by atoms with E-state index in [1.54, 1.807) is 6.92 Å². The number of methoxy groups -OCH3 is 1. The first-order valence-electron chi connectivity index (χ1n) is 9.07. The van der Waals surface area contributed by atoms with Crippen LogP contribution in [0.15, 0.2) is 11.6 Å². The van der Waals surface area contributed by atoms with Crippen LogP contribution < -0.4 is 15.8 Å². The number of nitrogens with two attached hydrogens (primary N) is 1. The van der Waals surface area contributed by atoms with Crippen LogP contribution in [0.1, 0.15) is 53.7 Å². The van der Waals surface area contributed by atoms with Crippen molar-refractivity contribution < 1.29 is 28.6 Å². The Morgan fingerprint density at radius 1 is 1.32 bits per heavy atom. The summed E-state index contributed by atoms with van der Waals surface area (Å²) in [5.74, 6) is -0.191. The number of hydrogen-bond acceptors (Lipinski definition) is 6. The fourth-order valence-corrected chi connectivity index (χ4v) is 3.22. The average molecular weight is 390 g/mol. The summed E-state index contributed by atoms with van der Waals surface area (Å²) in [7, 11) is 1.53. The van der Waals surface area contributed by atoms with Crippen molar-refractivity contribution in [1.29, 1.82) is 0 Å². The zero-order chi connectivity index (χ0) is 20.8. The second kappa shape index (κ2) is 9.25. The fraction of sp³-hybridized carbons (Fsp3) is 0.450. The molecule has 8 heteroatoms. The van der Waals surface area contributed by atoms with E-state index in [-0.39, 0.29) is 19.0 Å². The Morgan fingerprint density at radius 2 is 2.04 bits per heavy atom. The topological polar surface area (TPSA) is 117 Å². The van der Waals surface area contributed by atoms with Gasteiger partial charge in [0.1, 0.15) is 12.4 Å². The summed E-state index contributed by atoms with van der Waals surface area (Å²) in [6, 6.07) is -0.780. The second-order valence-electron chi connectivity index (χ2n) is 6.49. The number of cyclic esters (lactones) is 1. The summed E-state index contributed by atoms with van der Waals surface area (Å²) in [5.41, 5.74) is 9.00. The standard InChI is InChI=1S/C20H26N2O6/c1-5-27-15(23)9-7-11(2)6-8-13-17(22-20(21)25)16-14(10-28-19(16)24)12(3)18(13)26-4/h6H,5,7-10H2,1-4H3,(H3,21,22,25). The van der Waals surface area contributed by atoms with Crippen molar-refractivity contribution in [3.05, 3.63) is 33.9 Å². The van der Waals surface area contributed by atoms with E-state index in [4.69, 9.17) is 19.9 Å². The van der Waals surface area contributed by atoms with Gasteiger partial charge in [0.2, 0.25) is 0 Å². The van der Waals surface area contributed by atoms with Crippen molar-refractivity contribution in [3.8, 4) is 5.75 Å². The minimum atomic E-state index is -0.780. The molecular weight excluding hydrogens is 364 g/mol. The van der Waals surface area contributed by atoms with E-state index < -0.39 is 12.0 Å². The molecule has 0 spiro atoms. The van der Waals surface area contributed by atoms with Gasteiger partial charge in [0, 0.05) is 17.5 Å². The van der Waals surface area contributed by atoms with Crippen molar-refractivity contribution in [1.82, 2.24) is 0 Å². The number of anilines is 1. The van der Waals surface area contributed by atoms with E-state index >= 15 is 0 Å². The Balaban J connectivity index is 2.39.